The largest absolute Gasteiger partial charge is 0.486 e. The number of halogens is 3. The van der Waals surface area contributed by atoms with Gasteiger partial charge in [0, 0.05) is 18.3 Å². The summed E-state index contributed by atoms with van der Waals surface area (Å²) in [6.45, 7) is 1.54. The summed E-state index contributed by atoms with van der Waals surface area (Å²) in [7, 11) is 0. The Kier molecular flexibility index (Phi) is 3.89. The third-order valence-corrected chi connectivity index (χ3v) is 4.40. The van der Waals surface area contributed by atoms with Crippen LogP contribution in [0.25, 0.3) is 0 Å². The predicted molar refractivity (Wildman–Crippen MR) is 83.8 cm³/mol. The molecule has 2 aromatic rings. The first-order valence-corrected chi connectivity index (χ1v) is 8.09. The quantitative estimate of drug-likeness (QED) is 0.827. The zero-order valence-corrected chi connectivity index (χ0v) is 13.3. The molecule has 5 nitrogen and oxygen atoms in total. The predicted octanol–water partition coefficient (Wildman–Crippen LogP) is 3.61. The van der Waals surface area contributed by atoms with E-state index in [0.29, 0.717) is 31.3 Å². The fourth-order valence-electron chi connectivity index (χ4n) is 3.33. The van der Waals surface area contributed by atoms with Crippen LogP contribution in [0.1, 0.15) is 30.1 Å². The van der Waals surface area contributed by atoms with Crippen molar-refractivity contribution >= 4 is 5.95 Å². The highest BCUT2D eigenvalue weighted by atomic mass is 19.4. The zero-order chi connectivity index (χ0) is 17.4. The van der Waals surface area contributed by atoms with Crippen LogP contribution >= 0.6 is 0 Å². The van der Waals surface area contributed by atoms with E-state index in [9.17, 15) is 13.2 Å². The maximum atomic E-state index is 13.0. The number of rotatable bonds is 2. The molecule has 1 aromatic heterocycles. The van der Waals surface area contributed by atoms with Crippen LogP contribution in [0.4, 0.5) is 19.1 Å². The van der Waals surface area contributed by atoms with Crippen LogP contribution in [0.2, 0.25) is 0 Å². The van der Waals surface area contributed by atoms with Crippen molar-refractivity contribution in [1.82, 2.24) is 9.97 Å². The number of aromatic nitrogens is 2. The number of benzene rings is 1. The number of para-hydroxylation sites is 1. The highest BCUT2D eigenvalue weighted by molar-refractivity contribution is 5.52. The Bertz CT molecular complexity index is 782. The number of hydrogen-bond acceptors (Lipinski definition) is 5. The van der Waals surface area contributed by atoms with Gasteiger partial charge in [0.15, 0.2) is 11.5 Å². The minimum Gasteiger partial charge on any atom is -0.486 e. The van der Waals surface area contributed by atoms with Gasteiger partial charge in [0.2, 0.25) is 5.95 Å². The Morgan fingerprint density at radius 1 is 1.12 bits per heavy atom. The summed E-state index contributed by atoms with van der Waals surface area (Å²) >= 11 is 0. The minimum atomic E-state index is -4.49. The molecule has 3 heterocycles. The molecule has 0 saturated carbocycles. The summed E-state index contributed by atoms with van der Waals surface area (Å²) in [6.07, 6.45) is -1.70. The van der Waals surface area contributed by atoms with Crippen molar-refractivity contribution in [1.29, 1.82) is 0 Å². The first-order chi connectivity index (χ1) is 12.0. The molecule has 1 atom stereocenters. The van der Waals surface area contributed by atoms with Crippen molar-refractivity contribution < 1.29 is 22.6 Å². The van der Waals surface area contributed by atoms with Crippen LogP contribution in [-0.4, -0.2) is 29.7 Å². The molecule has 0 radical (unpaired) electrons. The average Bonchev–Trinajstić information content (AvgIpc) is 3.10. The minimum absolute atomic E-state index is 0.0895. The second-order valence-corrected chi connectivity index (χ2v) is 5.96. The number of alkyl halides is 3. The van der Waals surface area contributed by atoms with E-state index in [0.717, 1.165) is 30.7 Å². The maximum Gasteiger partial charge on any atom is 0.433 e. The lowest BCUT2D eigenvalue weighted by Gasteiger charge is -2.29. The molecule has 2 aliphatic heterocycles. The van der Waals surface area contributed by atoms with Gasteiger partial charge in [-0.15, -0.1) is 0 Å². The van der Waals surface area contributed by atoms with Crippen molar-refractivity contribution in [2.24, 2.45) is 0 Å². The molecule has 1 aromatic carbocycles. The molecule has 1 saturated heterocycles. The van der Waals surface area contributed by atoms with Gasteiger partial charge < -0.3 is 14.4 Å². The number of anilines is 1. The van der Waals surface area contributed by atoms with Crippen molar-refractivity contribution in [2.75, 3.05) is 24.7 Å². The molecule has 132 valence electrons. The third kappa shape index (κ3) is 2.96. The van der Waals surface area contributed by atoms with E-state index in [1.54, 1.807) is 0 Å². The summed E-state index contributed by atoms with van der Waals surface area (Å²) in [5.41, 5.74) is -0.0338. The van der Waals surface area contributed by atoms with E-state index in [1.807, 2.05) is 23.1 Å². The lowest BCUT2D eigenvalue weighted by atomic mass is 10.0. The van der Waals surface area contributed by atoms with Gasteiger partial charge in [-0.25, -0.2) is 9.97 Å². The summed E-state index contributed by atoms with van der Waals surface area (Å²) < 4.78 is 50.2. The number of fused-ring (bicyclic) bond motifs is 1. The van der Waals surface area contributed by atoms with Crippen LogP contribution < -0.4 is 14.4 Å². The van der Waals surface area contributed by atoms with Crippen LogP contribution in [-0.2, 0) is 6.18 Å². The summed E-state index contributed by atoms with van der Waals surface area (Å²) in [6, 6.07) is 6.37. The van der Waals surface area contributed by atoms with Crippen LogP contribution in [0.3, 0.4) is 0 Å². The van der Waals surface area contributed by atoms with Crippen molar-refractivity contribution in [2.45, 2.75) is 25.1 Å². The van der Waals surface area contributed by atoms with Gasteiger partial charge in [0.05, 0.1) is 6.04 Å². The van der Waals surface area contributed by atoms with Gasteiger partial charge in [-0.3, -0.25) is 0 Å². The van der Waals surface area contributed by atoms with Gasteiger partial charge in [-0.05, 0) is 25.0 Å². The highest BCUT2D eigenvalue weighted by Gasteiger charge is 2.36. The molecule has 0 N–H and O–H groups in total. The molecular weight excluding hydrogens is 335 g/mol. The molecule has 1 unspecified atom stereocenters. The van der Waals surface area contributed by atoms with Crippen molar-refractivity contribution in [3.8, 4) is 11.5 Å². The van der Waals surface area contributed by atoms with Crippen LogP contribution in [0.5, 0.6) is 11.5 Å². The van der Waals surface area contributed by atoms with Crippen molar-refractivity contribution in [3.63, 3.8) is 0 Å². The molecule has 0 bridgehead atoms. The maximum absolute atomic E-state index is 13.0. The van der Waals surface area contributed by atoms with Gasteiger partial charge in [0.1, 0.15) is 18.9 Å². The normalized spacial score (nSPS) is 20.0. The number of hydrogen-bond donors (Lipinski definition) is 0. The molecule has 0 spiro atoms. The molecule has 25 heavy (non-hydrogen) atoms. The Hall–Kier alpha value is -2.51. The van der Waals surface area contributed by atoms with E-state index in [4.69, 9.17) is 9.47 Å². The second-order valence-electron chi connectivity index (χ2n) is 5.96. The Balaban J connectivity index is 1.70. The first-order valence-electron chi connectivity index (χ1n) is 8.09. The average molecular weight is 351 g/mol. The molecule has 1 fully saturated rings. The SMILES string of the molecule is FC(F)(F)c1ccnc(N2CCCC2c2cccc3c2OCCO3)n1. The smallest absolute Gasteiger partial charge is 0.433 e. The summed E-state index contributed by atoms with van der Waals surface area (Å²) in [5, 5.41) is 0. The first kappa shape index (κ1) is 16.0. The summed E-state index contributed by atoms with van der Waals surface area (Å²) in [4.78, 5) is 9.61. The zero-order valence-electron chi connectivity index (χ0n) is 13.3. The molecule has 4 rings (SSSR count). The summed E-state index contributed by atoms with van der Waals surface area (Å²) in [5.74, 6) is 1.42. The van der Waals surface area contributed by atoms with Crippen LogP contribution in [0.15, 0.2) is 30.5 Å². The van der Waals surface area contributed by atoms with Crippen molar-refractivity contribution in [3.05, 3.63) is 41.7 Å². The van der Waals surface area contributed by atoms with Gasteiger partial charge in [0.25, 0.3) is 0 Å². The lowest BCUT2D eigenvalue weighted by molar-refractivity contribution is -0.141. The third-order valence-electron chi connectivity index (χ3n) is 4.40. The van der Waals surface area contributed by atoms with Gasteiger partial charge in [-0.2, -0.15) is 13.2 Å². The number of nitrogens with zero attached hydrogens (tertiary/aromatic N) is 3. The molecule has 8 heteroatoms. The van der Waals surface area contributed by atoms with E-state index in [2.05, 4.69) is 9.97 Å². The lowest BCUT2D eigenvalue weighted by Crippen LogP contribution is -2.27. The Morgan fingerprint density at radius 3 is 2.80 bits per heavy atom. The molecule has 2 aliphatic rings. The fraction of sp³-hybridized carbons (Fsp3) is 0.412. The van der Waals surface area contributed by atoms with Crippen LogP contribution in [0, 0.1) is 0 Å². The van der Waals surface area contributed by atoms with E-state index in [1.165, 1.54) is 0 Å². The standard InChI is InChI=1S/C17H16F3N3O2/c18-17(19,20)14-6-7-21-16(22-14)23-8-2-4-12(23)11-3-1-5-13-15(11)25-10-9-24-13/h1,3,5-7,12H,2,4,8-10H2. The van der Waals surface area contributed by atoms with E-state index >= 15 is 0 Å². The molecule has 0 amide bonds. The van der Waals surface area contributed by atoms with E-state index in [-0.39, 0.29) is 12.0 Å². The number of ether oxygens (including phenoxy) is 2. The van der Waals surface area contributed by atoms with Gasteiger partial charge in [-0.1, -0.05) is 12.1 Å². The molecular formula is C17H16F3N3O2. The topological polar surface area (TPSA) is 47.5 Å². The molecule has 0 aliphatic carbocycles. The van der Waals surface area contributed by atoms with E-state index < -0.39 is 11.9 Å². The Labute approximate surface area is 142 Å². The second kappa shape index (κ2) is 6.09. The highest BCUT2D eigenvalue weighted by Crippen LogP contribution is 2.43. The monoisotopic (exact) mass is 351 g/mol. The Morgan fingerprint density at radius 2 is 1.96 bits per heavy atom. The van der Waals surface area contributed by atoms with Gasteiger partial charge >= 0.3 is 6.18 Å². The fourth-order valence-corrected chi connectivity index (χ4v) is 3.33.